The number of hydrogen-bond acceptors (Lipinski definition) is 5. The highest BCUT2D eigenvalue weighted by Crippen LogP contribution is 2.23. The zero-order valence-corrected chi connectivity index (χ0v) is 17.2. The van der Waals surface area contributed by atoms with Gasteiger partial charge in [0.25, 0.3) is 11.8 Å². The van der Waals surface area contributed by atoms with E-state index in [1.165, 1.54) is 16.2 Å². The summed E-state index contributed by atoms with van der Waals surface area (Å²) >= 11 is 1.20. The number of benzene rings is 1. The fourth-order valence-electron chi connectivity index (χ4n) is 2.82. The first kappa shape index (κ1) is 23.6. The fourth-order valence-corrected chi connectivity index (χ4v) is 3.57. The Bertz CT molecular complexity index is 913. The second-order valence-electron chi connectivity index (χ2n) is 6.35. The number of aliphatic imine (C=N–C) groups is 1. The Morgan fingerprint density at radius 1 is 1.17 bits per heavy atom. The van der Waals surface area contributed by atoms with Crippen LogP contribution in [0.1, 0.15) is 39.3 Å². The van der Waals surface area contributed by atoms with Gasteiger partial charge in [-0.2, -0.15) is 13.2 Å². The summed E-state index contributed by atoms with van der Waals surface area (Å²) in [5.74, 6) is -0.910. The van der Waals surface area contributed by atoms with E-state index < -0.39 is 12.7 Å². The Kier molecular flexibility index (Phi) is 7.79. The summed E-state index contributed by atoms with van der Waals surface area (Å²) in [5, 5.41) is 4.65. The predicted octanol–water partition coefficient (Wildman–Crippen LogP) is 3.47. The van der Waals surface area contributed by atoms with E-state index in [4.69, 9.17) is 5.73 Å². The van der Waals surface area contributed by atoms with Crippen molar-refractivity contribution in [3.8, 4) is 0 Å². The molecule has 3 N–H and O–H groups in total. The molecule has 0 bridgehead atoms. The normalized spacial score (nSPS) is 14.0. The number of amides is 2. The first-order chi connectivity index (χ1) is 13.7. The van der Waals surface area contributed by atoms with Crippen LogP contribution >= 0.6 is 23.7 Å². The molecule has 7 nitrogen and oxygen atoms in total. The Morgan fingerprint density at radius 2 is 1.80 bits per heavy atom. The number of aryl methyl sites for hydroxylation is 1. The van der Waals surface area contributed by atoms with Crippen LogP contribution in [0.3, 0.4) is 0 Å². The Morgan fingerprint density at radius 3 is 2.40 bits per heavy atom. The van der Waals surface area contributed by atoms with E-state index in [0.29, 0.717) is 42.1 Å². The molecule has 162 valence electrons. The number of carbonyl (C=O) groups is 2. The van der Waals surface area contributed by atoms with Gasteiger partial charge < -0.3 is 11.1 Å². The number of nitrogens with two attached hydrogens (primary N) is 1. The third-order valence-corrected chi connectivity index (χ3v) is 4.96. The molecule has 1 aromatic heterocycles. The number of aromatic nitrogens is 1. The number of rotatable bonds is 7. The van der Waals surface area contributed by atoms with Crippen molar-refractivity contribution in [2.24, 2.45) is 10.7 Å². The van der Waals surface area contributed by atoms with Crippen LogP contribution in [0.5, 0.6) is 0 Å². The fraction of sp³-hybridized carbons (Fsp3) is 0.333. The molecular formula is C18H19ClF3N5O2S. The molecule has 0 radical (unpaired) electrons. The highest BCUT2D eigenvalue weighted by atomic mass is 35.5. The van der Waals surface area contributed by atoms with Crippen molar-refractivity contribution in [3.05, 3.63) is 46.5 Å². The van der Waals surface area contributed by atoms with E-state index in [-0.39, 0.29) is 30.2 Å². The summed E-state index contributed by atoms with van der Waals surface area (Å²) in [6, 6.07) is 6.73. The number of nitrogens with zero attached hydrogens (tertiary/aromatic N) is 3. The minimum Gasteiger partial charge on any atom is -0.370 e. The quantitative estimate of drug-likeness (QED) is 0.284. The van der Waals surface area contributed by atoms with Crippen LogP contribution in [0.4, 0.5) is 18.3 Å². The number of hydrogen-bond donors (Lipinski definition) is 2. The largest absolute Gasteiger partial charge is 0.408 e. The number of thiazole rings is 1. The monoisotopic (exact) mass is 461 g/mol. The first-order valence-corrected chi connectivity index (χ1v) is 9.66. The predicted molar refractivity (Wildman–Crippen MR) is 110 cm³/mol. The molecular weight excluding hydrogens is 443 g/mol. The lowest BCUT2D eigenvalue weighted by molar-refractivity contribution is -0.118. The summed E-state index contributed by atoms with van der Waals surface area (Å²) in [6.45, 7) is -1.04. The van der Waals surface area contributed by atoms with Crippen molar-refractivity contribution >= 4 is 46.6 Å². The van der Waals surface area contributed by atoms with Gasteiger partial charge in [-0.1, -0.05) is 12.1 Å². The van der Waals surface area contributed by atoms with Crippen molar-refractivity contribution < 1.29 is 22.8 Å². The first-order valence-electron chi connectivity index (χ1n) is 8.78. The average Bonchev–Trinajstić information content (AvgIpc) is 3.21. The second kappa shape index (κ2) is 9.90. The summed E-state index contributed by atoms with van der Waals surface area (Å²) in [4.78, 5) is 33.3. The van der Waals surface area contributed by atoms with Crippen LogP contribution in [0.15, 0.2) is 34.6 Å². The van der Waals surface area contributed by atoms with Crippen LogP contribution in [-0.2, 0) is 6.42 Å². The number of anilines is 1. The number of fused-ring (bicyclic) bond motifs is 1. The van der Waals surface area contributed by atoms with Gasteiger partial charge in [-0.15, -0.1) is 23.7 Å². The molecule has 12 heteroatoms. The van der Waals surface area contributed by atoms with E-state index >= 15 is 0 Å². The lowest BCUT2D eigenvalue weighted by atomic mass is 10.1. The van der Waals surface area contributed by atoms with Crippen molar-refractivity contribution in [1.29, 1.82) is 0 Å². The van der Waals surface area contributed by atoms with Crippen LogP contribution in [0, 0.1) is 0 Å². The highest BCUT2D eigenvalue weighted by molar-refractivity contribution is 7.13. The maximum atomic E-state index is 12.3. The molecule has 2 heterocycles. The zero-order valence-electron chi connectivity index (χ0n) is 15.6. The molecule has 2 aromatic rings. The Balaban J connectivity index is 0.00000320. The minimum absolute atomic E-state index is 0. The van der Waals surface area contributed by atoms with E-state index in [1.807, 2.05) is 0 Å². The second-order valence-corrected chi connectivity index (χ2v) is 7.21. The molecule has 0 saturated carbocycles. The van der Waals surface area contributed by atoms with Crippen molar-refractivity contribution in [2.45, 2.75) is 25.4 Å². The maximum absolute atomic E-state index is 12.3. The van der Waals surface area contributed by atoms with Crippen molar-refractivity contribution in [1.82, 2.24) is 9.88 Å². The molecule has 1 aliphatic rings. The lowest BCUT2D eigenvalue weighted by Crippen LogP contribution is -2.30. The number of nitrogens with one attached hydrogen (secondary N) is 1. The number of unbranched alkanes of at least 4 members (excludes halogenated alkanes) is 1. The molecule has 1 aliphatic heterocycles. The van der Waals surface area contributed by atoms with Gasteiger partial charge >= 0.3 is 6.18 Å². The standard InChI is InChI=1S/C18H18F3N5O2S.ClH/c19-18(20,21)10-23-16(22)25-17-24-11(9-29-17)5-3-4-8-26-14(27)12-6-1-2-7-13(12)15(26)28;/h1-2,6-7,9H,3-5,8,10H2,(H3,22,23,24,25);1H. The van der Waals surface area contributed by atoms with Gasteiger partial charge in [0.2, 0.25) is 0 Å². The highest BCUT2D eigenvalue weighted by Gasteiger charge is 2.34. The summed E-state index contributed by atoms with van der Waals surface area (Å²) in [7, 11) is 0. The SMILES string of the molecule is Cl.NC(=NCC(F)(F)F)Nc1nc(CCCCN2C(=O)c3ccccc3C2=O)cs1. The number of alkyl halides is 3. The summed E-state index contributed by atoms with van der Waals surface area (Å²) in [6.07, 6.45) is -2.52. The molecule has 0 aliphatic carbocycles. The third-order valence-electron chi connectivity index (χ3n) is 4.16. The molecule has 0 unspecified atom stereocenters. The van der Waals surface area contributed by atoms with E-state index in [2.05, 4.69) is 15.3 Å². The summed E-state index contributed by atoms with van der Waals surface area (Å²) in [5.41, 5.74) is 7.01. The van der Waals surface area contributed by atoms with Crippen LogP contribution < -0.4 is 11.1 Å². The number of imide groups is 1. The zero-order chi connectivity index (χ0) is 21.0. The Labute approximate surface area is 180 Å². The minimum atomic E-state index is -4.42. The van der Waals surface area contributed by atoms with Crippen molar-refractivity contribution in [2.75, 3.05) is 18.4 Å². The maximum Gasteiger partial charge on any atom is 0.408 e. The average molecular weight is 462 g/mol. The van der Waals surface area contributed by atoms with Gasteiger partial charge in [0.15, 0.2) is 11.1 Å². The van der Waals surface area contributed by atoms with Crippen LogP contribution in [0.25, 0.3) is 0 Å². The molecule has 0 fully saturated rings. The van der Waals surface area contributed by atoms with Gasteiger partial charge in [0.1, 0.15) is 6.54 Å². The van der Waals surface area contributed by atoms with Gasteiger partial charge in [-0.05, 0) is 31.4 Å². The summed E-state index contributed by atoms with van der Waals surface area (Å²) < 4.78 is 36.4. The van der Waals surface area contributed by atoms with Crippen LogP contribution in [-0.4, -0.2) is 46.9 Å². The van der Waals surface area contributed by atoms with Crippen molar-refractivity contribution in [3.63, 3.8) is 0 Å². The molecule has 0 saturated heterocycles. The number of carbonyl (C=O) groups excluding carboxylic acids is 2. The van der Waals surface area contributed by atoms with E-state index in [9.17, 15) is 22.8 Å². The van der Waals surface area contributed by atoms with Gasteiger partial charge in [0.05, 0.1) is 16.8 Å². The molecule has 0 spiro atoms. The van der Waals surface area contributed by atoms with Gasteiger partial charge in [-0.25, -0.2) is 9.98 Å². The number of guanidine groups is 1. The van der Waals surface area contributed by atoms with E-state index in [1.54, 1.807) is 29.6 Å². The smallest absolute Gasteiger partial charge is 0.370 e. The van der Waals surface area contributed by atoms with Gasteiger partial charge in [-0.3, -0.25) is 14.5 Å². The molecule has 3 rings (SSSR count). The topological polar surface area (TPSA) is 101 Å². The third kappa shape index (κ3) is 5.92. The molecule has 0 atom stereocenters. The van der Waals surface area contributed by atoms with E-state index in [0.717, 1.165) is 5.69 Å². The molecule has 2 amide bonds. The number of halogens is 4. The van der Waals surface area contributed by atoms with Gasteiger partial charge in [0, 0.05) is 11.9 Å². The van der Waals surface area contributed by atoms with Crippen LogP contribution in [0.2, 0.25) is 0 Å². The molecule has 30 heavy (non-hydrogen) atoms. The molecule has 1 aromatic carbocycles. The lowest BCUT2D eigenvalue weighted by Gasteiger charge is -2.13. The Hall–Kier alpha value is -2.66.